The van der Waals surface area contributed by atoms with Crippen molar-refractivity contribution in [3.63, 3.8) is 0 Å². The molecule has 2 aromatic heterocycles. The zero-order valence-corrected chi connectivity index (χ0v) is 13.2. The summed E-state index contributed by atoms with van der Waals surface area (Å²) in [5.41, 5.74) is 6.11. The number of hydrogen-bond acceptors (Lipinski definition) is 7. The maximum atomic E-state index is 9.90. The molecule has 0 aliphatic carbocycles. The average molecular weight is 317 g/mol. The van der Waals surface area contributed by atoms with E-state index in [0.29, 0.717) is 17.8 Å². The van der Waals surface area contributed by atoms with Crippen molar-refractivity contribution in [3.05, 3.63) is 24.2 Å². The molecular formula is C15H19N5O3. The number of nitrogens with zero attached hydrogens (tertiary/aromatic N) is 4. The monoisotopic (exact) mass is 317 g/mol. The number of ether oxygens (including phenoxy) is 2. The van der Waals surface area contributed by atoms with E-state index in [1.807, 2.05) is 12.1 Å². The van der Waals surface area contributed by atoms with Crippen molar-refractivity contribution >= 4 is 11.3 Å². The van der Waals surface area contributed by atoms with Gasteiger partial charge in [0.25, 0.3) is 0 Å². The van der Waals surface area contributed by atoms with Gasteiger partial charge in [-0.3, -0.25) is 0 Å². The smallest absolute Gasteiger partial charge is 0.178 e. The Hall–Kier alpha value is -2.21. The highest BCUT2D eigenvalue weighted by molar-refractivity contribution is 5.65. The van der Waals surface area contributed by atoms with Crippen LogP contribution in [0.15, 0.2) is 18.5 Å². The standard InChI is InChI=1S/C15H19N5O3/c1-14(2,21)23-12-6-11(22-15(12,3)7-16)9-4-5-10-13(17)18-8-19-20(9)10/h4-5,8,11-12,21H,6H2,1-3H3,(H2,17,18,19)/t11-,12+,15+/m1/s1. The van der Waals surface area contributed by atoms with E-state index in [2.05, 4.69) is 16.2 Å². The highest BCUT2D eigenvalue weighted by Gasteiger charge is 2.49. The number of nitrogen functional groups attached to an aromatic ring is 1. The van der Waals surface area contributed by atoms with Crippen LogP contribution >= 0.6 is 0 Å². The maximum absolute atomic E-state index is 9.90. The SMILES string of the molecule is CC(C)(O)O[C@H]1C[C@H](c2ccc3c(N)ncnn23)O[C@@]1(C)C#N. The number of nitrogens with two attached hydrogens (primary N) is 1. The molecule has 1 aliphatic heterocycles. The minimum Gasteiger partial charge on any atom is -0.382 e. The third-order valence-electron chi connectivity index (χ3n) is 3.92. The average Bonchev–Trinajstić information content (AvgIpc) is 3.01. The fraction of sp³-hybridized carbons (Fsp3) is 0.533. The molecule has 2 aromatic rings. The minimum absolute atomic E-state index is 0.372. The largest absolute Gasteiger partial charge is 0.382 e. The van der Waals surface area contributed by atoms with Gasteiger partial charge in [0.15, 0.2) is 17.2 Å². The molecule has 1 fully saturated rings. The molecule has 122 valence electrons. The van der Waals surface area contributed by atoms with E-state index >= 15 is 0 Å². The summed E-state index contributed by atoms with van der Waals surface area (Å²) >= 11 is 0. The number of aromatic nitrogens is 3. The summed E-state index contributed by atoms with van der Waals surface area (Å²) in [6, 6.07) is 5.79. The number of fused-ring (bicyclic) bond motifs is 1. The zero-order valence-electron chi connectivity index (χ0n) is 13.2. The lowest BCUT2D eigenvalue weighted by atomic mass is 9.99. The van der Waals surface area contributed by atoms with Gasteiger partial charge in [-0.25, -0.2) is 9.50 Å². The third kappa shape index (κ3) is 2.74. The normalized spacial score (nSPS) is 28.1. The summed E-state index contributed by atoms with van der Waals surface area (Å²) in [7, 11) is 0. The van der Waals surface area contributed by atoms with Gasteiger partial charge < -0.3 is 20.3 Å². The summed E-state index contributed by atoms with van der Waals surface area (Å²) in [6.07, 6.45) is 0.824. The van der Waals surface area contributed by atoms with Gasteiger partial charge >= 0.3 is 0 Å². The van der Waals surface area contributed by atoms with E-state index in [4.69, 9.17) is 15.2 Å². The molecule has 3 rings (SSSR count). The van der Waals surface area contributed by atoms with Crippen molar-refractivity contribution in [1.29, 1.82) is 5.26 Å². The van der Waals surface area contributed by atoms with Gasteiger partial charge in [-0.15, -0.1) is 0 Å². The molecule has 0 spiro atoms. The first-order valence-electron chi connectivity index (χ1n) is 7.31. The molecule has 8 heteroatoms. The van der Waals surface area contributed by atoms with Gasteiger partial charge in [0, 0.05) is 6.42 Å². The maximum Gasteiger partial charge on any atom is 0.178 e. The summed E-state index contributed by atoms with van der Waals surface area (Å²) in [4.78, 5) is 3.95. The Bertz CT molecular complexity index is 775. The Kier molecular flexibility index (Phi) is 3.52. The lowest BCUT2D eigenvalue weighted by Crippen LogP contribution is -2.41. The minimum atomic E-state index is -1.35. The molecule has 8 nitrogen and oxygen atoms in total. The number of hydrogen-bond donors (Lipinski definition) is 2. The van der Waals surface area contributed by atoms with Crippen LogP contribution in [0.3, 0.4) is 0 Å². The second-order valence-corrected chi connectivity index (χ2v) is 6.31. The highest BCUT2D eigenvalue weighted by atomic mass is 16.7. The molecule has 1 aliphatic rings. The Morgan fingerprint density at radius 3 is 2.96 bits per heavy atom. The lowest BCUT2D eigenvalue weighted by Gasteiger charge is -2.29. The fourth-order valence-corrected chi connectivity index (χ4v) is 2.84. The van der Waals surface area contributed by atoms with Crippen molar-refractivity contribution in [2.24, 2.45) is 0 Å². The third-order valence-corrected chi connectivity index (χ3v) is 3.92. The van der Waals surface area contributed by atoms with Gasteiger partial charge in [0.1, 0.15) is 30.1 Å². The first-order chi connectivity index (χ1) is 10.7. The molecule has 0 unspecified atom stereocenters. The predicted molar refractivity (Wildman–Crippen MR) is 81.0 cm³/mol. The van der Waals surface area contributed by atoms with Crippen molar-refractivity contribution in [2.45, 2.75) is 50.8 Å². The lowest BCUT2D eigenvalue weighted by molar-refractivity contribution is -0.221. The Labute approximate surface area is 133 Å². The van der Waals surface area contributed by atoms with Crippen LogP contribution in [0, 0.1) is 11.3 Å². The quantitative estimate of drug-likeness (QED) is 0.815. The van der Waals surface area contributed by atoms with E-state index in [-0.39, 0.29) is 0 Å². The number of aliphatic hydroxyl groups is 1. The van der Waals surface area contributed by atoms with Crippen molar-refractivity contribution in [2.75, 3.05) is 5.73 Å². The highest BCUT2D eigenvalue weighted by Crippen LogP contribution is 2.42. The van der Waals surface area contributed by atoms with Crippen LogP contribution in [0.25, 0.3) is 5.52 Å². The van der Waals surface area contributed by atoms with Crippen molar-refractivity contribution in [3.8, 4) is 6.07 Å². The second-order valence-electron chi connectivity index (χ2n) is 6.31. The molecule has 0 radical (unpaired) electrons. The van der Waals surface area contributed by atoms with E-state index in [1.165, 1.54) is 20.2 Å². The Morgan fingerprint density at radius 2 is 2.30 bits per heavy atom. The van der Waals surface area contributed by atoms with Gasteiger partial charge in [-0.1, -0.05) is 0 Å². The molecular weight excluding hydrogens is 298 g/mol. The van der Waals surface area contributed by atoms with Gasteiger partial charge in [0.05, 0.1) is 5.69 Å². The van der Waals surface area contributed by atoms with E-state index in [1.54, 1.807) is 11.4 Å². The summed E-state index contributed by atoms with van der Waals surface area (Å²) in [6.45, 7) is 4.71. The first kappa shape index (κ1) is 15.7. The first-order valence-corrected chi connectivity index (χ1v) is 7.31. The van der Waals surface area contributed by atoms with E-state index in [0.717, 1.165) is 5.69 Å². The molecule has 3 atom stereocenters. The molecule has 0 bridgehead atoms. The second kappa shape index (κ2) is 5.16. The van der Waals surface area contributed by atoms with Gasteiger partial charge in [0.2, 0.25) is 0 Å². The topological polar surface area (TPSA) is 119 Å². The summed E-state index contributed by atoms with van der Waals surface area (Å²) in [5, 5.41) is 23.6. The Balaban J connectivity index is 1.95. The predicted octanol–water partition coefficient (Wildman–Crippen LogP) is 1.17. The van der Waals surface area contributed by atoms with Crippen LogP contribution in [0.5, 0.6) is 0 Å². The fourth-order valence-electron chi connectivity index (χ4n) is 2.84. The van der Waals surface area contributed by atoms with Gasteiger partial charge in [-0.2, -0.15) is 10.4 Å². The van der Waals surface area contributed by atoms with Crippen molar-refractivity contribution < 1.29 is 14.6 Å². The van der Waals surface area contributed by atoms with Crippen LogP contribution in [0.4, 0.5) is 5.82 Å². The molecule has 0 amide bonds. The molecule has 1 saturated heterocycles. The van der Waals surface area contributed by atoms with E-state index in [9.17, 15) is 10.4 Å². The number of nitriles is 1. The van der Waals surface area contributed by atoms with Crippen LogP contribution in [0.1, 0.15) is 39.0 Å². The Morgan fingerprint density at radius 1 is 1.57 bits per heavy atom. The molecule has 23 heavy (non-hydrogen) atoms. The van der Waals surface area contributed by atoms with Crippen LogP contribution < -0.4 is 5.73 Å². The van der Waals surface area contributed by atoms with Crippen LogP contribution in [-0.2, 0) is 9.47 Å². The van der Waals surface area contributed by atoms with Crippen molar-refractivity contribution in [1.82, 2.24) is 14.6 Å². The number of anilines is 1. The van der Waals surface area contributed by atoms with Crippen LogP contribution in [-0.4, -0.2) is 37.2 Å². The summed E-state index contributed by atoms with van der Waals surface area (Å²) in [5.74, 6) is -0.980. The summed E-state index contributed by atoms with van der Waals surface area (Å²) < 4.78 is 13.2. The van der Waals surface area contributed by atoms with Crippen LogP contribution in [0.2, 0.25) is 0 Å². The molecule has 0 saturated carbocycles. The molecule has 0 aromatic carbocycles. The number of rotatable bonds is 3. The zero-order chi connectivity index (χ0) is 16.8. The molecule has 3 N–H and O–H groups in total. The van der Waals surface area contributed by atoms with Gasteiger partial charge in [-0.05, 0) is 32.9 Å². The van der Waals surface area contributed by atoms with E-state index < -0.39 is 23.6 Å². The molecule has 3 heterocycles.